The van der Waals surface area contributed by atoms with Crippen LogP contribution in [-0.2, 0) is 9.84 Å². The number of thiophene rings is 1. The summed E-state index contributed by atoms with van der Waals surface area (Å²) < 4.78 is 24.9. The first-order valence-electron chi connectivity index (χ1n) is 4.77. The summed E-state index contributed by atoms with van der Waals surface area (Å²) in [6, 6.07) is 1.52. The molecule has 4 nitrogen and oxygen atoms in total. The fourth-order valence-corrected chi connectivity index (χ4v) is 5.97. The molecule has 0 bridgehead atoms. The Bertz CT molecular complexity index is 586. The Hall–Kier alpha value is -0.400. The Labute approximate surface area is 105 Å². The molecular weight excluding hydrogens is 314 g/mol. The highest BCUT2D eigenvalue weighted by molar-refractivity contribution is 9.11. The minimum absolute atomic E-state index is 0.0297. The molecule has 0 aromatic carbocycles. The maximum Gasteiger partial charge on any atom is 0.263 e. The van der Waals surface area contributed by atoms with E-state index in [1.165, 1.54) is 17.4 Å². The van der Waals surface area contributed by atoms with Gasteiger partial charge in [0.15, 0.2) is 9.84 Å². The van der Waals surface area contributed by atoms with Crippen LogP contribution in [0.2, 0.25) is 0 Å². The van der Waals surface area contributed by atoms with E-state index in [-0.39, 0.29) is 16.6 Å². The summed E-state index contributed by atoms with van der Waals surface area (Å²) in [5, 5.41) is 2.83. The van der Waals surface area contributed by atoms with Crippen molar-refractivity contribution in [2.75, 3.05) is 5.75 Å². The first kappa shape index (κ1) is 10.7. The number of hydrogen-bond acceptors (Lipinski definition) is 4. The second-order valence-corrected chi connectivity index (χ2v) is 8.63. The van der Waals surface area contributed by atoms with Crippen LogP contribution in [0.4, 0.5) is 0 Å². The summed E-state index contributed by atoms with van der Waals surface area (Å²) in [6.07, 6.45) is 1.52. The van der Waals surface area contributed by atoms with Crippen LogP contribution in [0.25, 0.3) is 0 Å². The standard InChI is InChI=1S/C9H8BrNO3S2/c10-6-3-5-7(15-6)8(12)11-9(1-2-9)4-16(5,13)14/h3H,1-2,4H2,(H,11,12). The maximum atomic E-state index is 12.1. The van der Waals surface area contributed by atoms with Crippen molar-refractivity contribution < 1.29 is 13.2 Å². The molecule has 0 radical (unpaired) electrons. The van der Waals surface area contributed by atoms with E-state index in [0.29, 0.717) is 8.66 Å². The van der Waals surface area contributed by atoms with Crippen molar-refractivity contribution in [1.82, 2.24) is 5.32 Å². The molecule has 2 aliphatic rings. The molecule has 0 saturated heterocycles. The minimum atomic E-state index is -3.34. The van der Waals surface area contributed by atoms with Crippen LogP contribution in [0.1, 0.15) is 22.5 Å². The molecule has 3 rings (SSSR count). The molecule has 1 aliphatic heterocycles. The van der Waals surface area contributed by atoms with Gasteiger partial charge in [-0.2, -0.15) is 0 Å². The number of halogens is 1. The molecule has 1 amide bonds. The molecule has 1 saturated carbocycles. The number of hydrogen-bond donors (Lipinski definition) is 1. The summed E-state index contributed by atoms with van der Waals surface area (Å²) in [7, 11) is -3.34. The van der Waals surface area contributed by atoms with Gasteiger partial charge in [-0.1, -0.05) is 0 Å². The zero-order valence-corrected chi connectivity index (χ0v) is 11.3. The number of carbonyl (C=O) groups is 1. The van der Waals surface area contributed by atoms with E-state index >= 15 is 0 Å². The highest BCUT2D eigenvalue weighted by atomic mass is 79.9. The van der Waals surface area contributed by atoms with Crippen molar-refractivity contribution in [3.63, 3.8) is 0 Å². The van der Waals surface area contributed by atoms with Crippen LogP contribution in [0.5, 0.6) is 0 Å². The van der Waals surface area contributed by atoms with Crippen molar-refractivity contribution in [2.24, 2.45) is 0 Å². The van der Waals surface area contributed by atoms with Crippen molar-refractivity contribution in [3.8, 4) is 0 Å². The predicted octanol–water partition coefficient (Wildman–Crippen LogP) is 1.56. The molecule has 1 aromatic heterocycles. The monoisotopic (exact) mass is 321 g/mol. The van der Waals surface area contributed by atoms with E-state index in [1.807, 2.05) is 0 Å². The molecular formula is C9H8BrNO3S2. The lowest BCUT2D eigenvalue weighted by Crippen LogP contribution is -2.38. The van der Waals surface area contributed by atoms with E-state index in [4.69, 9.17) is 0 Å². The molecule has 0 unspecified atom stereocenters. The average Bonchev–Trinajstić information content (AvgIpc) is 2.76. The molecule has 1 N–H and O–H groups in total. The average molecular weight is 322 g/mol. The fraction of sp³-hybridized carbons (Fsp3) is 0.444. The Balaban J connectivity index is 2.21. The third kappa shape index (κ3) is 1.53. The van der Waals surface area contributed by atoms with E-state index < -0.39 is 15.4 Å². The number of nitrogens with one attached hydrogen (secondary N) is 1. The lowest BCUT2D eigenvalue weighted by molar-refractivity contribution is 0.0939. The molecule has 1 aromatic rings. The third-order valence-corrected chi connectivity index (χ3v) is 6.60. The van der Waals surface area contributed by atoms with Gasteiger partial charge >= 0.3 is 0 Å². The van der Waals surface area contributed by atoms with Gasteiger partial charge in [-0.3, -0.25) is 4.79 Å². The smallest absolute Gasteiger partial charge is 0.263 e. The second-order valence-electron chi connectivity index (χ2n) is 4.24. The first-order chi connectivity index (χ1) is 7.42. The number of fused-ring (bicyclic) bond motifs is 1. The predicted molar refractivity (Wildman–Crippen MR) is 63.5 cm³/mol. The molecule has 1 spiro atoms. The van der Waals surface area contributed by atoms with Gasteiger partial charge in [-0.15, -0.1) is 11.3 Å². The van der Waals surface area contributed by atoms with E-state index in [2.05, 4.69) is 21.2 Å². The van der Waals surface area contributed by atoms with Gasteiger partial charge in [-0.25, -0.2) is 8.42 Å². The van der Waals surface area contributed by atoms with E-state index in [9.17, 15) is 13.2 Å². The Kier molecular flexibility index (Phi) is 2.07. The Morgan fingerprint density at radius 1 is 1.44 bits per heavy atom. The summed E-state index contributed by atoms with van der Waals surface area (Å²) >= 11 is 4.38. The summed E-state index contributed by atoms with van der Waals surface area (Å²) in [4.78, 5) is 12.3. The van der Waals surface area contributed by atoms with Gasteiger partial charge < -0.3 is 5.32 Å². The van der Waals surface area contributed by atoms with Crippen molar-refractivity contribution in [1.29, 1.82) is 0 Å². The van der Waals surface area contributed by atoms with Gasteiger partial charge in [0, 0.05) is 0 Å². The zero-order valence-electron chi connectivity index (χ0n) is 8.12. The molecule has 7 heteroatoms. The molecule has 86 valence electrons. The van der Waals surface area contributed by atoms with Crippen LogP contribution in [0.3, 0.4) is 0 Å². The van der Waals surface area contributed by atoms with Crippen molar-refractivity contribution >= 4 is 43.0 Å². The second kappa shape index (κ2) is 3.08. The normalized spacial score (nSPS) is 24.7. The quantitative estimate of drug-likeness (QED) is 0.788. The van der Waals surface area contributed by atoms with Gasteiger partial charge in [0.25, 0.3) is 5.91 Å². The molecule has 1 aliphatic carbocycles. The van der Waals surface area contributed by atoms with Gasteiger partial charge in [0.05, 0.1) is 20.0 Å². The van der Waals surface area contributed by atoms with Crippen LogP contribution in [0, 0.1) is 0 Å². The first-order valence-corrected chi connectivity index (χ1v) is 8.03. The molecule has 16 heavy (non-hydrogen) atoms. The summed E-state index contributed by atoms with van der Waals surface area (Å²) in [5.74, 6) is -0.230. The lowest BCUT2D eigenvalue weighted by atomic mass is 10.3. The van der Waals surface area contributed by atoms with Crippen LogP contribution >= 0.6 is 27.3 Å². The van der Waals surface area contributed by atoms with Crippen molar-refractivity contribution in [3.05, 3.63) is 14.7 Å². The molecule has 0 atom stereocenters. The summed E-state index contributed by atoms with van der Waals surface area (Å²) in [5.41, 5.74) is -0.485. The highest BCUT2D eigenvalue weighted by Gasteiger charge is 2.51. The highest BCUT2D eigenvalue weighted by Crippen LogP contribution is 2.43. The van der Waals surface area contributed by atoms with Crippen LogP contribution in [-0.4, -0.2) is 25.6 Å². The van der Waals surface area contributed by atoms with Gasteiger partial charge in [0.2, 0.25) is 0 Å². The van der Waals surface area contributed by atoms with E-state index in [0.717, 1.165) is 12.8 Å². The number of carbonyl (C=O) groups excluding carboxylic acids is 1. The third-order valence-electron chi connectivity index (χ3n) is 2.91. The van der Waals surface area contributed by atoms with Crippen LogP contribution < -0.4 is 5.32 Å². The maximum absolute atomic E-state index is 12.1. The Morgan fingerprint density at radius 2 is 2.12 bits per heavy atom. The van der Waals surface area contributed by atoms with Gasteiger partial charge in [0.1, 0.15) is 4.88 Å². The minimum Gasteiger partial charge on any atom is -0.345 e. The summed E-state index contributed by atoms with van der Waals surface area (Å²) in [6.45, 7) is 0. The van der Waals surface area contributed by atoms with Crippen molar-refractivity contribution in [2.45, 2.75) is 23.3 Å². The lowest BCUT2D eigenvalue weighted by Gasteiger charge is -2.12. The zero-order chi connectivity index (χ0) is 11.6. The number of rotatable bonds is 0. The van der Waals surface area contributed by atoms with E-state index in [1.54, 1.807) is 0 Å². The SMILES string of the molecule is O=C1NC2(CC2)CS(=O)(=O)c2cc(Br)sc21. The largest absolute Gasteiger partial charge is 0.345 e. The fourth-order valence-electron chi connectivity index (χ4n) is 1.93. The van der Waals surface area contributed by atoms with Crippen LogP contribution in [0.15, 0.2) is 14.7 Å². The topological polar surface area (TPSA) is 63.2 Å². The van der Waals surface area contributed by atoms with Gasteiger partial charge in [-0.05, 0) is 34.8 Å². The molecule has 1 fully saturated rings. The Morgan fingerprint density at radius 3 is 2.75 bits per heavy atom. The molecule has 2 heterocycles. The number of amides is 1. The number of sulfone groups is 1.